The van der Waals surface area contributed by atoms with Crippen LogP contribution in [0.15, 0.2) is 6.20 Å². The Kier molecular flexibility index (Phi) is 4.59. The summed E-state index contributed by atoms with van der Waals surface area (Å²) in [5.41, 5.74) is -0.196. The van der Waals surface area contributed by atoms with E-state index in [-0.39, 0.29) is 0 Å². The molecule has 0 aliphatic heterocycles. The first-order chi connectivity index (χ1) is 9.91. The van der Waals surface area contributed by atoms with Crippen LogP contribution in [-0.4, -0.2) is 69.5 Å². The normalized spacial score (nSPS) is 14.4. The third-order valence-electron chi connectivity index (χ3n) is 2.94. The maximum atomic E-state index is 10.4. The van der Waals surface area contributed by atoms with E-state index >= 15 is 0 Å². The van der Waals surface area contributed by atoms with Crippen LogP contribution in [0.5, 0.6) is 0 Å². The number of aromatic amines is 1. The van der Waals surface area contributed by atoms with Gasteiger partial charge in [0.05, 0.1) is 17.2 Å². The molecule has 21 heavy (non-hydrogen) atoms. The molecule has 0 aliphatic rings. The Bertz CT molecular complexity index is 593. The number of rotatable bonds is 7. The van der Waals surface area contributed by atoms with E-state index in [1.807, 2.05) is 25.9 Å². The van der Waals surface area contributed by atoms with Gasteiger partial charge >= 0.3 is 0 Å². The molecule has 0 aliphatic carbocycles. The molecule has 0 spiro atoms. The van der Waals surface area contributed by atoms with Gasteiger partial charge in [-0.2, -0.15) is 15.1 Å². The van der Waals surface area contributed by atoms with Gasteiger partial charge in [-0.25, -0.2) is 0 Å². The van der Waals surface area contributed by atoms with Gasteiger partial charge in [0.15, 0.2) is 5.65 Å². The summed E-state index contributed by atoms with van der Waals surface area (Å²) in [6.07, 6.45) is 1.67. The molecule has 0 amide bonds. The molecule has 2 rings (SSSR count). The predicted molar refractivity (Wildman–Crippen MR) is 83.5 cm³/mol. The standard InChI is InChI=1S/C13H23N7O/c1-5-14-12-17-10(9-6-16-19-11(9)18-12)15-7-13(2,21)8-20(3)4/h6,21H,5,7-8H2,1-4H3,(H3,14,15,16,17,18,19). The van der Waals surface area contributed by atoms with Crippen molar-refractivity contribution in [1.82, 2.24) is 25.1 Å². The minimum atomic E-state index is -0.858. The number of aromatic nitrogens is 4. The first-order valence-corrected chi connectivity index (χ1v) is 6.97. The molecule has 2 aromatic heterocycles. The Morgan fingerprint density at radius 2 is 2.10 bits per heavy atom. The van der Waals surface area contributed by atoms with E-state index in [4.69, 9.17) is 0 Å². The number of anilines is 2. The monoisotopic (exact) mass is 293 g/mol. The van der Waals surface area contributed by atoms with Crippen molar-refractivity contribution >= 4 is 22.8 Å². The van der Waals surface area contributed by atoms with Crippen molar-refractivity contribution in [3.8, 4) is 0 Å². The van der Waals surface area contributed by atoms with Crippen LogP contribution >= 0.6 is 0 Å². The average Bonchev–Trinajstić information content (AvgIpc) is 2.83. The lowest BCUT2D eigenvalue weighted by Crippen LogP contribution is -2.43. The number of H-pyrrole nitrogens is 1. The summed E-state index contributed by atoms with van der Waals surface area (Å²) in [7, 11) is 3.85. The molecular formula is C13H23N7O. The zero-order chi connectivity index (χ0) is 15.5. The Morgan fingerprint density at radius 1 is 1.33 bits per heavy atom. The molecule has 0 radical (unpaired) electrons. The third kappa shape index (κ3) is 4.02. The Labute approximate surface area is 124 Å². The molecule has 116 valence electrons. The maximum absolute atomic E-state index is 10.4. The molecule has 1 unspecified atom stereocenters. The molecule has 0 fully saturated rings. The highest BCUT2D eigenvalue weighted by molar-refractivity contribution is 5.86. The van der Waals surface area contributed by atoms with Crippen molar-refractivity contribution in [2.75, 3.05) is 44.4 Å². The summed E-state index contributed by atoms with van der Waals surface area (Å²) in [6, 6.07) is 0. The first kappa shape index (κ1) is 15.5. The molecule has 8 heteroatoms. The summed E-state index contributed by atoms with van der Waals surface area (Å²) < 4.78 is 0. The van der Waals surface area contributed by atoms with Crippen molar-refractivity contribution in [2.45, 2.75) is 19.4 Å². The number of likely N-dealkylation sites (N-methyl/N-ethyl adjacent to an activating group) is 1. The fraction of sp³-hybridized carbons (Fsp3) is 0.615. The van der Waals surface area contributed by atoms with Gasteiger partial charge in [-0.1, -0.05) is 0 Å². The van der Waals surface area contributed by atoms with Crippen LogP contribution in [0.4, 0.5) is 11.8 Å². The highest BCUT2D eigenvalue weighted by Crippen LogP contribution is 2.20. The minimum Gasteiger partial charge on any atom is -0.387 e. The number of fused-ring (bicyclic) bond motifs is 1. The van der Waals surface area contributed by atoms with Gasteiger partial charge in [-0.3, -0.25) is 5.10 Å². The molecule has 0 saturated heterocycles. The number of aliphatic hydroxyl groups is 1. The van der Waals surface area contributed by atoms with E-state index in [0.717, 1.165) is 11.9 Å². The molecule has 0 bridgehead atoms. The van der Waals surface area contributed by atoms with Crippen LogP contribution in [0.25, 0.3) is 11.0 Å². The van der Waals surface area contributed by atoms with Gasteiger partial charge < -0.3 is 20.6 Å². The van der Waals surface area contributed by atoms with Crippen LogP contribution in [0.2, 0.25) is 0 Å². The summed E-state index contributed by atoms with van der Waals surface area (Å²) in [5, 5.41) is 24.3. The highest BCUT2D eigenvalue weighted by Gasteiger charge is 2.22. The molecule has 8 nitrogen and oxygen atoms in total. The maximum Gasteiger partial charge on any atom is 0.226 e. The lowest BCUT2D eigenvalue weighted by Gasteiger charge is -2.27. The summed E-state index contributed by atoms with van der Waals surface area (Å²) >= 11 is 0. The van der Waals surface area contributed by atoms with Crippen molar-refractivity contribution in [3.05, 3.63) is 6.20 Å². The zero-order valence-electron chi connectivity index (χ0n) is 12.9. The van der Waals surface area contributed by atoms with Crippen molar-refractivity contribution in [2.24, 2.45) is 0 Å². The Morgan fingerprint density at radius 3 is 2.76 bits per heavy atom. The molecule has 0 aromatic carbocycles. The second-order valence-corrected chi connectivity index (χ2v) is 5.65. The van der Waals surface area contributed by atoms with Gasteiger partial charge in [-0.05, 0) is 27.9 Å². The lowest BCUT2D eigenvalue weighted by atomic mass is 10.1. The molecule has 1 atom stereocenters. The number of hydrogen-bond donors (Lipinski definition) is 4. The SMILES string of the molecule is CCNc1nc(NCC(C)(O)CN(C)C)c2cn[nH]c2n1. The highest BCUT2D eigenvalue weighted by atomic mass is 16.3. The largest absolute Gasteiger partial charge is 0.387 e. The smallest absolute Gasteiger partial charge is 0.226 e. The number of nitrogens with zero attached hydrogens (tertiary/aromatic N) is 4. The van der Waals surface area contributed by atoms with Crippen LogP contribution < -0.4 is 10.6 Å². The second kappa shape index (κ2) is 6.23. The van der Waals surface area contributed by atoms with Gasteiger partial charge in [0.2, 0.25) is 5.95 Å². The van der Waals surface area contributed by atoms with Gasteiger partial charge in [-0.15, -0.1) is 0 Å². The van der Waals surface area contributed by atoms with Gasteiger partial charge in [0.1, 0.15) is 5.82 Å². The molecule has 0 saturated carbocycles. The minimum absolute atomic E-state index is 0.383. The van der Waals surface area contributed by atoms with E-state index in [0.29, 0.717) is 30.5 Å². The van der Waals surface area contributed by atoms with E-state index in [9.17, 15) is 5.11 Å². The van der Waals surface area contributed by atoms with Crippen molar-refractivity contribution < 1.29 is 5.11 Å². The van der Waals surface area contributed by atoms with Crippen molar-refractivity contribution in [1.29, 1.82) is 0 Å². The topological polar surface area (TPSA) is 102 Å². The van der Waals surface area contributed by atoms with Crippen LogP contribution in [-0.2, 0) is 0 Å². The van der Waals surface area contributed by atoms with E-state index in [1.54, 1.807) is 13.1 Å². The Hall–Kier alpha value is -1.93. The second-order valence-electron chi connectivity index (χ2n) is 5.65. The van der Waals surface area contributed by atoms with Gasteiger partial charge in [0, 0.05) is 19.6 Å². The molecular weight excluding hydrogens is 270 g/mol. The van der Waals surface area contributed by atoms with Gasteiger partial charge in [0.25, 0.3) is 0 Å². The third-order valence-corrected chi connectivity index (χ3v) is 2.94. The fourth-order valence-corrected chi connectivity index (χ4v) is 2.22. The predicted octanol–water partition coefficient (Wildman–Crippen LogP) is 0.509. The summed E-state index contributed by atoms with van der Waals surface area (Å²) in [4.78, 5) is 10.7. The average molecular weight is 293 g/mol. The fourth-order valence-electron chi connectivity index (χ4n) is 2.22. The quantitative estimate of drug-likeness (QED) is 0.590. The van der Waals surface area contributed by atoms with Crippen molar-refractivity contribution in [3.63, 3.8) is 0 Å². The van der Waals surface area contributed by atoms with Crippen LogP contribution in [0.1, 0.15) is 13.8 Å². The van der Waals surface area contributed by atoms with Crippen LogP contribution in [0, 0.1) is 0 Å². The zero-order valence-corrected chi connectivity index (χ0v) is 12.9. The lowest BCUT2D eigenvalue weighted by molar-refractivity contribution is 0.0459. The van der Waals surface area contributed by atoms with E-state index in [1.165, 1.54) is 0 Å². The number of nitrogens with one attached hydrogen (secondary N) is 3. The van der Waals surface area contributed by atoms with Crippen LogP contribution in [0.3, 0.4) is 0 Å². The summed E-state index contributed by atoms with van der Waals surface area (Å²) in [5.74, 6) is 1.19. The molecule has 4 N–H and O–H groups in total. The summed E-state index contributed by atoms with van der Waals surface area (Å²) in [6.45, 7) is 5.44. The Balaban J connectivity index is 2.18. The van der Waals surface area contributed by atoms with E-state index < -0.39 is 5.60 Å². The first-order valence-electron chi connectivity index (χ1n) is 6.97. The van der Waals surface area contributed by atoms with E-state index in [2.05, 4.69) is 30.8 Å². The molecule has 2 aromatic rings. The number of hydrogen-bond acceptors (Lipinski definition) is 7. The molecule has 2 heterocycles.